The third-order valence-corrected chi connectivity index (χ3v) is 5.56. The van der Waals surface area contributed by atoms with E-state index in [0.717, 1.165) is 11.3 Å². The van der Waals surface area contributed by atoms with Gasteiger partial charge in [0, 0.05) is 11.5 Å². The maximum Gasteiger partial charge on any atom is 0.247 e. The second kappa shape index (κ2) is 5.24. The van der Waals surface area contributed by atoms with E-state index in [1.54, 1.807) is 13.0 Å². The van der Waals surface area contributed by atoms with Crippen LogP contribution in [0.2, 0.25) is 0 Å². The third-order valence-electron chi connectivity index (χ3n) is 2.53. The quantitative estimate of drug-likeness (QED) is 0.879. The lowest BCUT2D eigenvalue weighted by atomic mass is 10.2. The summed E-state index contributed by atoms with van der Waals surface area (Å²) in [5.74, 6) is 0.0580. The summed E-state index contributed by atoms with van der Waals surface area (Å²) >= 11 is 6.31. The molecule has 8 heteroatoms. The van der Waals surface area contributed by atoms with Gasteiger partial charge in [0.15, 0.2) is 0 Å². The van der Waals surface area contributed by atoms with Crippen LogP contribution in [-0.4, -0.2) is 20.9 Å². The Morgan fingerprint density at radius 3 is 2.74 bits per heavy atom. The zero-order valence-corrected chi connectivity index (χ0v) is 12.3. The lowest BCUT2D eigenvalue weighted by Crippen LogP contribution is -2.11. The average Bonchev–Trinajstić information content (AvgIpc) is 2.65. The number of hydrogen-bond donors (Lipinski definition) is 1. The van der Waals surface area contributed by atoms with Gasteiger partial charge in [-0.05, 0) is 18.6 Å². The molecule has 2 N–H and O–H groups in total. The molecule has 1 aromatic heterocycles. The van der Waals surface area contributed by atoms with Crippen LogP contribution in [-0.2, 0) is 10.0 Å². The van der Waals surface area contributed by atoms with Gasteiger partial charge in [-0.3, -0.25) is 0 Å². The molecule has 104 valence electrons. The first-order valence-electron chi connectivity index (χ1n) is 5.29. The van der Waals surface area contributed by atoms with E-state index < -0.39 is 15.8 Å². The molecule has 0 radical (unpaired) electrons. The van der Waals surface area contributed by atoms with Gasteiger partial charge in [-0.2, -0.15) is 0 Å². The van der Waals surface area contributed by atoms with Crippen molar-refractivity contribution >= 4 is 43.0 Å². The first-order valence-corrected chi connectivity index (χ1v) is 8.18. The van der Waals surface area contributed by atoms with E-state index in [-0.39, 0.29) is 21.4 Å². The molecule has 0 saturated heterocycles. The van der Waals surface area contributed by atoms with Crippen LogP contribution >= 0.6 is 22.9 Å². The van der Waals surface area contributed by atoms with E-state index in [1.807, 2.05) is 0 Å². The van der Waals surface area contributed by atoms with Crippen molar-refractivity contribution in [2.45, 2.75) is 11.1 Å². The molecule has 1 heterocycles. The molecule has 0 bridgehead atoms. The van der Waals surface area contributed by atoms with Crippen molar-refractivity contribution in [2.24, 2.45) is 5.14 Å². The molecule has 2 aromatic rings. The number of halogens is 2. The van der Waals surface area contributed by atoms with Crippen LogP contribution in [0.4, 0.5) is 4.39 Å². The highest BCUT2D eigenvalue weighted by Gasteiger charge is 2.20. The van der Waals surface area contributed by atoms with E-state index in [2.05, 4.69) is 0 Å². The summed E-state index contributed by atoms with van der Waals surface area (Å²) in [4.78, 5) is 0. The molecule has 19 heavy (non-hydrogen) atoms. The van der Waals surface area contributed by atoms with Gasteiger partial charge >= 0.3 is 0 Å². The number of aryl methyl sites for hydroxylation is 1. The molecule has 0 spiro atoms. The number of hydrogen-bond acceptors (Lipinski definition) is 4. The number of sulfonamides is 1. The van der Waals surface area contributed by atoms with E-state index in [1.165, 1.54) is 6.07 Å². The number of ether oxygens (including phenoxy) is 1. The number of nitrogens with two attached hydrogens (primary N) is 1. The largest absolute Gasteiger partial charge is 0.492 e. The standard InChI is InChI=1S/C11H11ClFNO3S2/c1-6-8-4-7(17-3-2-12)5-9(13)10(8)18-11(6)19(14,15)16/h4-5H,2-3H2,1H3,(H2,14,15,16). The summed E-state index contributed by atoms with van der Waals surface area (Å²) in [7, 11) is -3.85. The van der Waals surface area contributed by atoms with Crippen LogP contribution < -0.4 is 9.88 Å². The molecule has 0 aliphatic carbocycles. The molecule has 0 aliphatic rings. The molecule has 0 aliphatic heterocycles. The molecule has 1 aromatic carbocycles. The predicted octanol–water partition coefficient (Wildman–Crippen LogP) is 2.61. The Hall–Kier alpha value is -0.890. The first-order chi connectivity index (χ1) is 8.84. The van der Waals surface area contributed by atoms with E-state index in [0.29, 0.717) is 16.7 Å². The van der Waals surface area contributed by atoms with Gasteiger partial charge < -0.3 is 4.74 Å². The highest BCUT2D eigenvalue weighted by Crippen LogP contribution is 2.37. The fourth-order valence-corrected chi connectivity index (χ4v) is 4.00. The minimum atomic E-state index is -3.85. The summed E-state index contributed by atoms with van der Waals surface area (Å²) in [6.07, 6.45) is 0. The Morgan fingerprint density at radius 1 is 1.47 bits per heavy atom. The summed E-state index contributed by atoms with van der Waals surface area (Å²) in [5, 5.41) is 5.59. The number of benzene rings is 1. The van der Waals surface area contributed by atoms with E-state index in [4.69, 9.17) is 21.5 Å². The zero-order valence-electron chi connectivity index (χ0n) is 9.94. The summed E-state index contributed by atoms with van der Waals surface area (Å²) in [6.45, 7) is 1.83. The van der Waals surface area contributed by atoms with E-state index >= 15 is 0 Å². The van der Waals surface area contributed by atoms with Crippen LogP contribution in [0, 0.1) is 12.7 Å². The normalized spacial score (nSPS) is 12.0. The predicted molar refractivity (Wildman–Crippen MR) is 74.1 cm³/mol. The molecule has 0 fully saturated rings. The number of fused-ring (bicyclic) bond motifs is 1. The van der Waals surface area contributed by atoms with E-state index in [9.17, 15) is 12.8 Å². The number of thiophene rings is 1. The Balaban J connectivity index is 2.64. The highest BCUT2D eigenvalue weighted by atomic mass is 35.5. The second-order valence-corrected chi connectivity index (χ2v) is 7.03. The highest BCUT2D eigenvalue weighted by molar-refractivity contribution is 7.91. The lowest BCUT2D eigenvalue weighted by molar-refractivity contribution is 0.341. The Labute approximate surface area is 119 Å². The lowest BCUT2D eigenvalue weighted by Gasteiger charge is -2.04. The molecule has 0 amide bonds. The van der Waals surface area contributed by atoms with Gasteiger partial charge in [0.25, 0.3) is 0 Å². The van der Waals surface area contributed by atoms with Crippen LogP contribution in [0.25, 0.3) is 10.1 Å². The van der Waals surface area contributed by atoms with Crippen molar-refractivity contribution in [3.05, 3.63) is 23.5 Å². The average molecular weight is 324 g/mol. The van der Waals surface area contributed by atoms with Gasteiger partial charge in [0.05, 0.1) is 10.6 Å². The molecule has 2 rings (SSSR count). The molecule has 0 unspecified atom stereocenters. The SMILES string of the molecule is Cc1c(S(N)(=O)=O)sc2c(F)cc(OCCCl)cc12. The minimum absolute atomic E-state index is 0.0316. The summed E-state index contributed by atoms with van der Waals surface area (Å²) in [6, 6.07) is 2.79. The molecular weight excluding hydrogens is 313 g/mol. The Morgan fingerprint density at radius 2 is 2.16 bits per heavy atom. The number of alkyl halides is 1. The maximum absolute atomic E-state index is 13.9. The minimum Gasteiger partial charge on any atom is -0.492 e. The van der Waals surface area contributed by atoms with Crippen molar-refractivity contribution in [2.75, 3.05) is 12.5 Å². The topological polar surface area (TPSA) is 69.4 Å². The van der Waals surface area contributed by atoms with Crippen molar-refractivity contribution in [3.63, 3.8) is 0 Å². The number of primary sulfonamides is 1. The molecule has 0 saturated carbocycles. The first kappa shape index (κ1) is 14.5. The fraction of sp³-hybridized carbons (Fsp3) is 0.273. The van der Waals surface area contributed by atoms with Gasteiger partial charge in [-0.1, -0.05) is 0 Å². The van der Waals surface area contributed by atoms with Crippen LogP contribution in [0.1, 0.15) is 5.56 Å². The molecular formula is C11H11ClFNO3S2. The maximum atomic E-state index is 13.9. The van der Waals surface area contributed by atoms with Gasteiger partial charge in [-0.15, -0.1) is 22.9 Å². The Kier molecular flexibility index (Phi) is 4.00. The smallest absolute Gasteiger partial charge is 0.247 e. The van der Waals surface area contributed by atoms with Crippen LogP contribution in [0.5, 0.6) is 5.75 Å². The number of rotatable bonds is 4. The van der Waals surface area contributed by atoms with Crippen molar-refractivity contribution in [3.8, 4) is 5.75 Å². The third kappa shape index (κ3) is 2.84. The monoisotopic (exact) mass is 323 g/mol. The fourth-order valence-electron chi connectivity index (χ4n) is 1.74. The van der Waals surface area contributed by atoms with Crippen molar-refractivity contribution in [1.29, 1.82) is 0 Å². The van der Waals surface area contributed by atoms with Crippen LogP contribution in [0.15, 0.2) is 16.3 Å². The molecule has 4 nitrogen and oxygen atoms in total. The molecule has 0 atom stereocenters. The second-order valence-electron chi connectivity index (χ2n) is 3.88. The zero-order chi connectivity index (χ0) is 14.2. The van der Waals surface area contributed by atoms with Crippen molar-refractivity contribution in [1.82, 2.24) is 0 Å². The van der Waals surface area contributed by atoms with Gasteiger partial charge in [-0.25, -0.2) is 17.9 Å². The summed E-state index contributed by atoms with van der Waals surface area (Å²) in [5.41, 5.74) is 0.428. The van der Waals surface area contributed by atoms with Crippen molar-refractivity contribution < 1.29 is 17.5 Å². The summed E-state index contributed by atoms with van der Waals surface area (Å²) < 4.78 is 42.2. The van der Waals surface area contributed by atoms with Gasteiger partial charge in [0.2, 0.25) is 10.0 Å². The van der Waals surface area contributed by atoms with Gasteiger partial charge in [0.1, 0.15) is 22.4 Å². The van der Waals surface area contributed by atoms with Crippen LogP contribution in [0.3, 0.4) is 0 Å². The Bertz CT molecular complexity index is 727.